The average Bonchev–Trinajstić information content (AvgIpc) is 3.37. The predicted octanol–water partition coefficient (Wildman–Crippen LogP) is 3.98. The van der Waals surface area contributed by atoms with Crippen LogP contribution in [0.4, 0.5) is 16.3 Å². The first-order valence-electron chi connectivity index (χ1n) is 12.8. The number of hydrogen-bond acceptors (Lipinski definition) is 7. The molecule has 3 aromatic rings. The van der Waals surface area contributed by atoms with E-state index in [0.29, 0.717) is 36.1 Å². The van der Waals surface area contributed by atoms with E-state index in [1.165, 1.54) is 6.20 Å². The number of amides is 3. The van der Waals surface area contributed by atoms with E-state index in [9.17, 15) is 9.59 Å². The number of likely N-dealkylation sites (tertiary alicyclic amines) is 1. The molecule has 3 amide bonds. The summed E-state index contributed by atoms with van der Waals surface area (Å²) in [6.45, 7) is 6.75. The van der Waals surface area contributed by atoms with Crippen LogP contribution in [0.25, 0.3) is 11.3 Å². The number of pyridine rings is 1. The Morgan fingerprint density at radius 1 is 1.11 bits per heavy atom. The van der Waals surface area contributed by atoms with E-state index in [-0.39, 0.29) is 5.91 Å². The molecule has 0 spiro atoms. The molecule has 1 aromatic carbocycles. The number of hydrogen-bond donors (Lipinski definition) is 2. The Kier molecular flexibility index (Phi) is 8.85. The summed E-state index contributed by atoms with van der Waals surface area (Å²) in [5.41, 5.74) is 3.94. The van der Waals surface area contributed by atoms with Crippen molar-refractivity contribution in [3.8, 4) is 17.0 Å². The van der Waals surface area contributed by atoms with Gasteiger partial charge in [-0.05, 0) is 70.3 Å². The molecular weight excluding hydrogens is 482 g/mol. The molecule has 0 radical (unpaired) electrons. The first kappa shape index (κ1) is 27.0. The Labute approximate surface area is 223 Å². The van der Waals surface area contributed by atoms with Crippen LogP contribution < -0.4 is 15.4 Å². The minimum atomic E-state index is -0.424. The largest absolute Gasteiger partial charge is 0.493 e. The summed E-state index contributed by atoms with van der Waals surface area (Å²) in [7, 11) is 3.96. The molecule has 200 valence electrons. The zero-order chi connectivity index (χ0) is 27.1. The minimum Gasteiger partial charge on any atom is -0.493 e. The van der Waals surface area contributed by atoms with E-state index >= 15 is 0 Å². The van der Waals surface area contributed by atoms with Crippen LogP contribution in [0.2, 0.25) is 0 Å². The number of benzene rings is 1. The maximum atomic E-state index is 12.4. The molecule has 2 N–H and O–H groups in total. The normalized spacial score (nSPS) is 15.0. The van der Waals surface area contributed by atoms with Crippen LogP contribution in [-0.2, 0) is 4.79 Å². The zero-order valence-electron chi connectivity index (χ0n) is 22.4. The van der Waals surface area contributed by atoms with E-state index in [4.69, 9.17) is 4.74 Å². The molecule has 10 nitrogen and oxygen atoms in total. The maximum Gasteiger partial charge on any atom is 0.324 e. The van der Waals surface area contributed by atoms with E-state index in [0.717, 1.165) is 48.6 Å². The number of aryl methyl sites for hydroxylation is 2. The fraction of sp³-hybridized carbons (Fsp3) is 0.393. The zero-order valence-corrected chi connectivity index (χ0v) is 22.4. The van der Waals surface area contributed by atoms with Crippen molar-refractivity contribution >= 4 is 23.4 Å². The van der Waals surface area contributed by atoms with Gasteiger partial charge in [0.1, 0.15) is 5.75 Å². The molecule has 1 unspecified atom stereocenters. The lowest BCUT2D eigenvalue weighted by Crippen LogP contribution is -2.31. The quantitative estimate of drug-likeness (QED) is 0.441. The molecule has 1 aliphatic rings. The fourth-order valence-corrected chi connectivity index (χ4v) is 4.24. The molecule has 2 aromatic heterocycles. The van der Waals surface area contributed by atoms with Gasteiger partial charge < -0.3 is 19.9 Å². The van der Waals surface area contributed by atoms with Gasteiger partial charge in [0.2, 0.25) is 5.91 Å². The van der Waals surface area contributed by atoms with Gasteiger partial charge in [-0.2, -0.15) is 0 Å². The summed E-state index contributed by atoms with van der Waals surface area (Å²) in [4.78, 5) is 41.7. The van der Waals surface area contributed by atoms with Crippen LogP contribution in [0.15, 0.2) is 48.9 Å². The third kappa shape index (κ3) is 7.48. The highest BCUT2D eigenvalue weighted by atomic mass is 16.5. The Hall–Kier alpha value is -4.05. The number of nitrogens with zero attached hydrogens (tertiary/aromatic N) is 5. The van der Waals surface area contributed by atoms with E-state index in [1.807, 2.05) is 62.0 Å². The topological polar surface area (TPSA) is 113 Å². The number of nitrogens with one attached hydrogen (secondary N) is 2. The Balaban J connectivity index is 1.31. The average molecular weight is 518 g/mol. The molecule has 1 aliphatic heterocycles. The predicted molar refractivity (Wildman–Crippen MR) is 147 cm³/mol. The van der Waals surface area contributed by atoms with Crippen molar-refractivity contribution < 1.29 is 14.3 Å². The van der Waals surface area contributed by atoms with Crippen molar-refractivity contribution in [1.29, 1.82) is 0 Å². The second-order valence-electron chi connectivity index (χ2n) is 9.90. The number of urea groups is 1. The summed E-state index contributed by atoms with van der Waals surface area (Å²) in [5, 5.41) is 5.44. The molecule has 38 heavy (non-hydrogen) atoms. The Bertz CT molecular complexity index is 1260. The lowest BCUT2D eigenvalue weighted by atomic mass is 10.1. The highest BCUT2D eigenvalue weighted by molar-refractivity contribution is 5.99. The van der Waals surface area contributed by atoms with Crippen molar-refractivity contribution in [2.75, 3.05) is 51.0 Å². The summed E-state index contributed by atoms with van der Waals surface area (Å²) in [5.74, 6) is 1.68. The second-order valence-corrected chi connectivity index (χ2v) is 9.90. The SMILES string of the molecule is Cc1ccc(NC(=O)Nc2cncc(-c3ccc(OCC4CCN(C(=O)CCN(C)C)C4)c(C)c3)n2)cn1. The molecule has 3 heterocycles. The number of anilines is 2. The minimum absolute atomic E-state index is 0.212. The highest BCUT2D eigenvalue weighted by Gasteiger charge is 2.26. The van der Waals surface area contributed by atoms with Gasteiger partial charge in [-0.1, -0.05) is 0 Å². The highest BCUT2D eigenvalue weighted by Crippen LogP contribution is 2.27. The third-order valence-corrected chi connectivity index (χ3v) is 6.40. The summed E-state index contributed by atoms with van der Waals surface area (Å²) < 4.78 is 6.13. The molecule has 0 saturated carbocycles. The van der Waals surface area contributed by atoms with Gasteiger partial charge in [-0.3, -0.25) is 20.1 Å². The number of ether oxygens (including phenoxy) is 1. The smallest absolute Gasteiger partial charge is 0.324 e. The van der Waals surface area contributed by atoms with Crippen molar-refractivity contribution in [2.24, 2.45) is 5.92 Å². The molecule has 10 heteroatoms. The van der Waals surface area contributed by atoms with Gasteiger partial charge in [0, 0.05) is 43.2 Å². The van der Waals surface area contributed by atoms with Gasteiger partial charge in [0.15, 0.2) is 5.82 Å². The first-order chi connectivity index (χ1) is 18.3. The molecular formula is C28H35N7O3. The van der Waals surface area contributed by atoms with Crippen molar-refractivity contribution in [1.82, 2.24) is 24.8 Å². The van der Waals surface area contributed by atoms with Crippen molar-refractivity contribution in [3.63, 3.8) is 0 Å². The van der Waals surface area contributed by atoms with E-state index in [2.05, 4.69) is 25.6 Å². The van der Waals surface area contributed by atoms with Gasteiger partial charge >= 0.3 is 6.03 Å². The van der Waals surface area contributed by atoms with E-state index < -0.39 is 6.03 Å². The standard InChI is InChI=1S/C28H35N7O3/c1-19-13-22(6-8-25(19)38-18-21-9-12-35(17-21)27(36)10-11-34(3)4)24-15-29-16-26(32-24)33-28(37)31-23-7-5-20(2)30-14-23/h5-8,13-16,21H,9-12,17-18H2,1-4H3,(H2,31,32,33,37). The number of carbonyl (C=O) groups excluding carboxylic acids is 2. The van der Waals surface area contributed by atoms with E-state index in [1.54, 1.807) is 18.5 Å². The summed E-state index contributed by atoms with van der Waals surface area (Å²) in [6, 6.07) is 9.03. The second kappa shape index (κ2) is 12.5. The van der Waals surface area contributed by atoms with Crippen LogP contribution in [0.1, 0.15) is 24.1 Å². The van der Waals surface area contributed by atoms with Crippen LogP contribution in [0, 0.1) is 19.8 Å². The van der Waals surface area contributed by atoms with Crippen LogP contribution in [0.3, 0.4) is 0 Å². The van der Waals surface area contributed by atoms with Gasteiger partial charge in [0.25, 0.3) is 0 Å². The molecule has 1 fully saturated rings. The number of rotatable bonds is 9. The lowest BCUT2D eigenvalue weighted by molar-refractivity contribution is -0.130. The maximum absolute atomic E-state index is 12.4. The fourth-order valence-electron chi connectivity index (χ4n) is 4.24. The third-order valence-electron chi connectivity index (χ3n) is 6.40. The van der Waals surface area contributed by atoms with Gasteiger partial charge in [-0.25, -0.2) is 9.78 Å². The van der Waals surface area contributed by atoms with Gasteiger partial charge in [0.05, 0.1) is 36.6 Å². The Morgan fingerprint density at radius 3 is 2.68 bits per heavy atom. The monoisotopic (exact) mass is 517 g/mol. The number of aromatic nitrogens is 3. The van der Waals surface area contributed by atoms with Crippen LogP contribution in [-0.4, -0.2) is 77.0 Å². The molecule has 0 aliphatic carbocycles. The summed E-state index contributed by atoms with van der Waals surface area (Å²) >= 11 is 0. The molecule has 1 atom stereocenters. The molecule has 4 rings (SSSR count). The van der Waals surface area contributed by atoms with Crippen LogP contribution in [0.5, 0.6) is 5.75 Å². The first-order valence-corrected chi connectivity index (χ1v) is 12.8. The van der Waals surface area contributed by atoms with Crippen molar-refractivity contribution in [3.05, 3.63) is 60.2 Å². The lowest BCUT2D eigenvalue weighted by Gasteiger charge is -2.18. The Morgan fingerprint density at radius 2 is 1.95 bits per heavy atom. The number of carbonyl (C=O) groups is 2. The van der Waals surface area contributed by atoms with Crippen molar-refractivity contribution in [2.45, 2.75) is 26.7 Å². The molecule has 0 bridgehead atoms. The summed E-state index contributed by atoms with van der Waals surface area (Å²) in [6.07, 6.45) is 6.25. The van der Waals surface area contributed by atoms with Gasteiger partial charge in [-0.15, -0.1) is 0 Å². The van der Waals surface area contributed by atoms with Crippen LogP contribution >= 0.6 is 0 Å². The molecule has 1 saturated heterocycles.